The van der Waals surface area contributed by atoms with Crippen molar-refractivity contribution < 1.29 is 37.0 Å². The van der Waals surface area contributed by atoms with Crippen molar-refractivity contribution in [2.45, 2.75) is 77.9 Å². The summed E-state index contributed by atoms with van der Waals surface area (Å²) in [5, 5.41) is 6.61. The summed E-state index contributed by atoms with van der Waals surface area (Å²) in [5.41, 5.74) is -3.12. The van der Waals surface area contributed by atoms with Gasteiger partial charge in [0.1, 0.15) is 23.5 Å². The van der Waals surface area contributed by atoms with Crippen LogP contribution in [0.25, 0.3) is 0 Å². The number of piperidine rings is 1. The van der Waals surface area contributed by atoms with Crippen LogP contribution in [0.2, 0.25) is 0 Å². The number of methoxy groups -OCH3 is 1. The number of halogens is 3. The Hall–Kier alpha value is -3.81. The third kappa shape index (κ3) is 9.60. The molecule has 1 fully saturated rings. The van der Waals surface area contributed by atoms with E-state index in [2.05, 4.69) is 10.4 Å². The predicted molar refractivity (Wildman–Crippen MR) is 158 cm³/mol. The highest BCUT2D eigenvalue weighted by Crippen LogP contribution is 2.32. The molecule has 44 heavy (non-hydrogen) atoms. The fourth-order valence-corrected chi connectivity index (χ4v) is 4.93. The lowest BCUT2D eigenvalue weighted by Gasteiger charge is -2.38. The van der Waals surface area contributed by atoms with Crippen LogP contribution in [-0.4, -0.2) is 89.2 Å². The first-order chi connectivity index (χ1) is 20.6. The average molecular weight is 626 g/mol. The lowest BCUT2D eigenvalue weighted by atomic mass is 10.0. The van der Waals surface area contributed by atoms with Gasteiger partial charge in [0.2, 0.25) is 5.91 Å². The van der Waals surface area contributed by atoms with Crippen LogP contribution in [0, 0.1) is 0 Å². The highest BCUT2D eigenvalue weighted by Gasteiger charge is 2.38. The van der Waals surface area contributed by atoms with E-state index in [1.165, 1.54) is 7.11 Å². The Labute approximate surface area is 255 Å². The molecule has 1 saturated heterocycles. The SMILES string of the molecule is CCN(C(=O)COC[C@H](C)Nc1cnn(Cc2ccc(OC)cc2)c(=O)c1C(F)(F)F)C1CCN(C(=O)OC(C)(C)C)CC1. The molecule has 0 bridgehead atoms. The van der Waals surface area contributed by atoms with E-state index in [0.717, 1.165) is 10.9 Å². The van der Waals surface area contributed by atoms with Crippen molar-refractivity contribution in [2.24, 2.45) is 0 Å². The molecule has 11 nitrogen and oxygen atoms in total. The van der Waals surface area contributed by atoms with Crippen molar-refractivity contribution in [1.82, 2.24) is 19.6 Å². The van der Waals surface area contributed by atoms with Crippen LogP contribution >= 0.6 is 0 Å². The second-order valence-electron chi connectivity index (χ2n) is 11.7. The smallest absolute Gasteiger partial charge is 0.423 e. The number of rotatable bonds is 11. The first kappa shape index (κ1) is 34.7. The number of hydrogen-bond donors (Lipinski definition) is 1. The fraction of sp³-hybridized carbons (Fsp3) is 0.600. The largest absolute Gasteiger partial charge is 0.497 e. The highest BCUT2D eigenvalue weighted by molar-refractivity contribution is 5.78. The third-order valence-corrected chi connectivity index (χ3v) is 7.03. The van der Waals surface area contributed by atoms with Crippen LogP contribution in [0.3, 0.4) is 0 Å². The maximum atomic E-state index is 14.0. The molecule has 244 valence electrons. The van der Waals surface area contributed by atoms with Gasteiger partial charge in [0.15, 0.2) is 0 Å². The summed E-state index contributed by atoms with van der Waals surface area (Å²) in [5.74, 6) is 0.319. The maximum Gasteiger partial charge on any atom is 0.423 e. The molecule has 0 saturated carbocycles. The molecule has 1 N–H and O–H groups in total. The van der Waals surface area contributed by atoms with Gasteiger partial charge in [-0.05, 0) is 65.2 Å². The van der Waals surface area contributed by atoms with Crippen LogP contribution in [0.4, 0.5) is 23.7 Å². The minimum absolute atomic E-state index is 0.0739. The number of anilines is 1. The topological polar surface area (TPSA) is 115 Å². The summed E-state index contributed by atoms with van der Waals surface area (Å²) in [4.78, 5) is 41.4. The number of ether oxygens (including phenoxy) is 3. The number of alkyl halides is 3. The van der Waals surface area contributed by atoms with E-state index in [1.807, 2.05) is 6.92 Å². The number of hydrogen-bond acceptors (Lipinski definition) is 8. The molecule has 0 unspecified atom stereocenters. The van der Waals surface area contributed by atoms with Gasteiger partial charge in [-0.3, -0.25) is 9.59 Å². The van der Waals surface area contributed by atoms with E-state index in [4.69, 9.17) is 14.2 Å². The molecule has 2 aromatic rings. The van der Waals surface area contributed by atoms with Crippen LogP contribution in [0.15, 0.2) is 35.3 Å². The summed E-state index contributed by atoms with van der Waals surface area (Å²) in [6.45, 7) is 9.70. The molecule has 1 aromatic carbocycles. The van der Waals surface area contributed by atoms with Crippen LogP contribution in [-0.2, 0) is 27.0 Å². The quantitative estimate of drug-likeness (QED) is 0.391. The van der Waals surface area contributed by atoms with Crippen LogP contribution in [0.1, 0.15) is 58.6 Å². The van der Waals surface area contributed by atoms with Crippen molar-refractivity contribution in [3.8, 4) is 5.75 Å². The third-order valence-electron chi connectivity index (χ3n) is 7.03. The Morgan fingerprint density at radius 3 is 2.32 bits per heavy atom. The zero-order valence-electron chi connectivity index (χ0n) is 26.1. The van der Waals surface area contributed by atoms with Crippen LogP contribution < -0.4 is 15.6 Å². The minimum atomic E-state index is -4.93. The Bertz CT molecular complexity index is 1320. The molecule has 1 aromatic heterocycles. The molecule has 1 atom stereocenters. The zero-order valence-corrected chi connectivity index (χ0v) is 26.1. The van der Waals surface area contributed by atoms with E-state index >= 15 is 0 Å². The van der Waals surface area contributed by atoms with Gasteiger partial charge in [-0.25, -0.2) is 9.48 Å². The molecule has 14 heteroatoms. The first-order valence-electron chi connectivity index (χ1n) is 14.5. The summed E-state index contributed by atoms with van der Waals surface area (Å²) in [7, 11) is 1.49. The number of carbonyl (C=O) groups is 2. The number of likely N-dealkylation sites (N-methyl/N-ethyl adjacent to an activating group) is 1. The predicted octanol–water partition coefficient (Wildman–Crippen LogP) is 4.38. The number of nitrogens with one attached hydrogen (secondary N) is 1. The normalized spacial score (nSPS) is 15.1. The molecule has 2 amide bonds. The molecule has 0 aliphatic carbocycles. The molecule has 1 aliphatic rings. The summed E-state index contributed by atoms with van der Waals surface area (Å²) in [6.07, 6.45) is -3.16. The highest BCUT2D eigenvalue weighted by atomic mass is 19.4. The van der Waals surface area contributed by atoms with Gasteiger partial charge < -0.3 is 29.3 Å². The average Bonchev–Trinajstić information content (AvgIpc) is 2.94. The lowest BCUT2D eigenvalue weighted by Crippen LogP contribution is -2.50. The van der Waals surface area contributed by atoms with Crippen molar-refractivity contribution in [3.05, 3.63) is 51.9 Å². The number of nitrogens with zero attached hydrogens (tertiary/aromatic N) is 4. The monoisotopic (exact) mass is 625 g/mol. The zero-order chi connectivity index (χ0) is 32.7. The van der Waals surface area contributed by atoms with E-state index in [1.54, 1.807) is 61.8 Å². The Kier molecular flexibility index (Phi) is 11.6. The van der Waals surface area contributed by atoms with E-state index < -0.39 is 34.6 Å². The van der Waals surface area contributed by atoms with Crippen molar-refractivity contribution >= 4 is 17.7 Å². The van der Waals surface area contributed by atoms with E-state index in [0.29, 0.717) is 43.8 Å². The number of aromatic nitrogens is 2. The Morgan fingerprint density at radius 2 is 1.77 bits per heavy atom. The van der Waals surface area contributed by atoms with Gasteiger partial charge in [0.05, 0.1) is 32.1 Å². The first-order valence-corrected chi connectivity index (χ1v) is 14.5. The standard InChI is InChI=1S/C30H42F3N5O6/c1-7-37(22-12-14-36(15-13-22)28(41)44-29(3,4)5)25(39)19-43-18-20(2)35-24-16-34-38(27(40)26(24)30(31,32)33)17-21-8-10-23(42-6)11-9-21/h8-11,16,20,22,35H,7,12-15,17-19H2,1-6H3/t20-/m0/s1. The Balaban J connectivity index is 1.56. The van der Waals surface area contributed by atoms with Gasteiger partial charge in [-0.2, -0.15) is 18.3 Å². The molecule has 1 aliphatic heterocycles. The number of amides is 2. The van der Waals surface area contributed by atoms with Gasteiger partial charge >= 0.3 is 12.3 Å². The minimum Gasteiger partial charge on any atom is -0.497 e. The number of carbonyl (C=O) groups excluding carboxylic acids is 2. The van der Waals surface area contributed by atoms with Crippen molar-refractivity contribution in [1.29, 1.82) is 0 Å². The van der Waals surface area contributed by atoms with Gasteiger partial charge in [0, 0.05) is 31.7 Å². The summed E-state index contributed by atoms with van der Waals surface area (Å²) >= 11 is 0. The number of likely N-dealkylation sites (tertiary alicyclic amines) is 1. The second-order valence-corrected chi connectivity index (χ2v) is 11.7. The molecule has 2 heterocycles. The maximum absolute atomic E-state index is 14.0. The Morgan fingerprint density at radius 1 is 1.14 bits per heavy atom. The van der Waals surface area contributed by atoms with Gasteiger partial charge in [-0.1, -0.05) is 12.1 Å². The van der Waals surface area contributed by atoms with Crippen LogP contribution in [0.5, 0.6) is 5.75 Å². The van der Waals surface area contributed by atoms with Crippen molar-refractivity contribution in [2.75, 3.05) is 45.3 Å². The second kappa shape index (κ2) is 14.8. The summed E-state index contributed by atoms with van der Waals surface area (Å²) < 4.78 is 58.7. The lowest BCUT2D eigenvalue weighted by molar-refractivity contribution is -0.139. The molecule has 0 radical (unpaired) electrons. The van der Waals surface area contributed by atoms with Crippen molar-refractivity contribution in [3.63, 3.8) is 0 Å². The van der Waals surface area contributed by atoms with Gasteiger partial charge in [-0.15, -0.1) is 0 Å². The molecule has 0 spiro atoms. The fourth-order valence-electron chi connectivity index (χ4n) is 4.93. The molecular weight excluding hydrogens is 583 g/mol. The molecule has 3 rings (SSSR count). The van der Waals surface area contributed by atoms with E-state index in [-0.39, 0.29) is 37.8 Å². The number of benzene rings is 1. The van der Waals surface area contributed by atoms with Gasteiger partial charge in [0.25, 0.3) is 5.56 Å². The van der Waals surface area contributed by atoms with E-state index in [9.17, 15) is 27.6 Å². The summed E-state index contributed by atoms with van der Waals surface area (Å²) in [6, 6.07) is 5.81. The molecular formula is C30H42F3N5O6.